The molecule has 2 aromatic carbocycles. The monoisotopic (exact) mass is 370 g/mol. The molecule has 0 fully saturated rings. The highest BCUT2D eigenvalue weighted by Crippen LogP contribution is 2.33. The number of hydrogen-bond acceptors (Lipinski definition) is 4. The van der Waals surface area contributed by atoms with Crippen LogP contribution in [0.1, 0.15) is 10.4 Å². The van der Waals surface area contributed by atoms with E-state index in [2.05, 4.69) is 4.98 Å². The lowest BCUT2D eigenvalue weighted by Crippen LogP contribution is -2.22. The van der Waals surface area contributed by atoms with Crippen LogP contribution in [0.25, 0.3) is 11.1 Å². The molecule has 132 valence electrons. The molecule has 1 N–H and O–H groups in total. The van der Waals surface area contributed by atoms with Crippen LogP contribution in [0.15, 0.2) is 65.8 Å². The molecule has 1 heterocycles. The Morgan fingerprint density at radius 1 is 1.19 bits per heavy atom. The number of benzene rings is 2. The first-order chi connectivity index (χ1) is 12.5. The SMILES string of the molecule is O=C(O)c1cccc(-c2cc(Cl)ccc2OCCn2cnccc2=O)c1. The third kappa shape index (κ3) is 4.10. The average molecular weight is 371 g/mol. The molecule has 0 saturated heterocycles. The summed E-state index contributed by atoms with van der Waals surface area (Å²) in [5.74, 6) is -0.457. The zero-order valence-electron chi connectivity index (χ0n) is 13.6. The molecule has 3 aromatic rings. The highest BCUT2D eigenvalue weighted by atomic mass is 35.5. The van der Waals surface area contributed by atoms with Crippen molar-refractivity contribution in [2.75, 3.05) is 6.61 Å². The minimum absolute atomic E-state index is 0.158. The minimum atomic E-state index is -1.01. The highest BCUT2D eigenvalue weighted by Gasteiger charge is 2.11. The molecule has 3 rings (SSSR count). The third-order valence-electron chi connectivity index (χ3n) is 3.74. The molecule has 0 atom stereocenters. The van der Waals surface area contributed by atoms with Crippen LogP contribution in [0.4, 0.5) is 0 Å². The molecule has 1 aromatic heterocycles. The molecule has 0 spiro atoms. The molecule has 26 heavy (non-hydrogen) atoms. The van der Waals surface area contributed by atoms with Gasteiger partial charge in [-0.25, -0.2) is 9.78 Å². The molecule has 0 radical (unpaired) electrons. The Labute approximate surface area is 154 Å². The van der Waals surface area contributed by atoms with E-state index < -0.39 is 5.97 Å². The molecule has 0 saturated carbocycles. The number of aromatic nitrogens is 2. The molecule has 0 bridgehead atoms. The van der Waals surface area contributed by atoms with Crippen LogP contribution in [0, 0.1) is 0 Å². The van der Waals surface area contributed by atoms with Crippen molar-refractivity contribution in [2.45, 2.75) is 6.54 Å². The number of halogens is 1. The van der Waals surface area contributed by atoms with E-state index >= 15 is 0 Å². The van der Waals surface area contributed by atoms with Crippen LogP contribution in [0.2, 0.25) is 5.02 Å². The van der Waals surface area contributed by atoms with Crippen molar-refractivity contribution >= 4 is 17.6 Å². The first kappa shape index (κ1) is 17.7. The number of carboxylic acids is 1. The molecular formula is C19H15ClN2O4. The van der Waals surface area contributed by atoms with Crippen LogP contribution >= 0.6 is 11.6 Å². The predicted octanol–water partition coefficient (Wildman–Crippen LogP) is 3.34. The predicted molar refractivity (Wildman–Crippen MR) is 97.8 cm³/mol. The molecular weight excluding hydrogens is 356 g/mol. The Morgan fingerprint density at radius 3 is 2.81 bits per heavy atom. The molecule has 0 unspecified atom stereocenters. The summed E-state index contributed by atoms with van der Waals surface area (Å²) in [4.78, 5) is 26.8. The fourth-order valence-corrected chi connectivity index (χ4v) is 2.65. The van der Waals surface area contributed by atoms with Crippen LogP contribution in [0.3, 0.4) is 0 Å². The van der Waals surface area contributed by atoms with Gasteiger partial charge < -0.3 is 9.84 Å². The van der Waals surface area contributed by atoms with Crippen molar-refractivity contribution in [3.05, 3.63) is 82.0 Å². The van der Waals surface area contributed by atoms with E-state index in [-0.39, 0.29) is 17.7 Å². The normalized spacial score (nSPS) is 10.5. The minimum Gasteiger partial charge on any atom is -0.491 e. The molecule has 0 aliphatic heterocycles. The summed E-state index contributed by atoms with van der Waals surface area (Å²) in [6.45, 7) is 0.586. The van der Waals surface area contributed by atoms with Gasteiger partial charge in [0.25, 0.3) is 5.56 Å². The average Bonchev–Trinajstić information content (AvgIpc) is 2.64. The van der Waals surface area contributed by atoms with Gasteiger partial charge in [-0.2, -0.15) is 0 Å². The van der Waals surface area contributed by atoms with Crippen molar-refractivity contribution in [3.8, 4) is 16.9 Å². The van der Waals surface area contributed by atoms with Gasteiger partial charge in [0.2, 0.25) is 0 Å². The van der Waals surface area contributed by atoms with E-state index in [9.17, 15) is 14.7 Å². The maximum absolute atomic E-state index is 11.7. The molecule has 0 aliphatic carbocycles. The topological polar surface area (TPSA) is 81.4 Å². The maximum Gasteiger partial charge on any atom is 0.335 e. The summed E-state index contributed by atoms with van der Waals surface area (Å²) in [5.41, 5.74) is 1.38. The summed E-state index contributed by atoms with van der Waals surface area (Å²) >= 11 is 6.09. The zero-order valence-corrected chi connectivity index (χ0v) is 14.4. The van der Waals surface area contributed by atoms with Gasteiger partial charge >= 0.3 is 5.97 Å². The fourth-order valence-electron chi connectivity index (χ4n) is 2.47. The van der Waals surface area contributed by atoms with Gasteiger partial charge in [-0.15, -0.1) is 0 Å². The number of ether oxygens (including phenoxy) is 1. The Bertz CT molecular complexity index is 1000. The van der Waals surface area contributed by atoms with Gasteiger partial charge in [-0.05, 0) is 35.9 Å². The third-order valence-corrected chi connectivity index (χ3v) is 3.98. The Balaban J connectivity index is 1.84. The summed E-state index contributed by atoms with van der Waals surface area (Å²) in [5, 5.41) is 9.69. The lowest BCUT2D eigenvalue weighted by Gasteiger charge is -2.13. The number of nitrogens with zero attached hydrogens (tertiary/aromatic N) is 2. The van der Waals surface area contributed by atoms with Crippen molar-refractivity contribution in [2.24, 2.45) is 0 Å². The Kier molecular flexibility index (Phi) is 5.34. The van der Waals surface area contributed by atoms with E-state index in [4.69, 9.17) is 16.3 Å². The summed E-state index contributed by atoms with van der Waals surface area (Å²) < 4.78 is 7.26. The first-order valence-corrected chi connectivity index (χ1v) is 8.19. The lowest BCUT2D eigenvalue weighted by atomic mass is 10.0. The number of aromatic carboxylic acids is 1. The van der Waals surface area contributed by atoms with E-state index in [1.54, 1.807) is 36.4 Å². The summed E-state index contributed by atoms with van der Waals surface area (Å²) in [7, 11) is 0. The largest absolute Gasteiger partial charge is 0.491 e. The number of rotatable bonds is 6. The molecule has 6 nitrogen and oxygen atoms in total. The van der Waals surface area contributed by atoms with Gasteiger partial charge in [-0.1, -0.05) is 23.7 Å². The van der Waals surface area contributed by atoms with Gasteiger partial charge in [0.05, 0.1) is 18.4 Å². The van der Waals surface area contributed by atoms with E-state index in [1.165, 1.54) is 29.2 Å². The quantitative estimate of drug-likeness (QED) is 0.719. The standard InChI is InChI=1S/C19H15ClN2O4/c20-15-4-5-17(26-9-8-22-12-21-7-6-18(22)23)16(11-15)13-2-1-3-14(10-13)19(24)25/h1-7,10-12H,8-9H2,(H,24,25). The van der Waals surface area contributed by atoms with Crippen LogP contribution in [-0.2, 0) is 6.54 Å². The fraction of sp³-hybridized carbons (Fsp3) is 0.105. The second kappa shape index (κ2) is 7.84. The van der Waals surface area contributed by atoms with Gasteiger partial charge in [-0.3, -0.25) is 9.36 Å². The van der Waals surface area contributed by atoms with Crippen molar-refractivity contribution < 1.29 is 14.6 Å². The number of carbonyl (C=O) groups is 1. The highest BCUT2D eigenvalue weighted by molar-refractivity contribution is 6.31. The van der Waals surface area contributed by atoms with Crippen LogP contribution < -0.4 is 10.3 Å². The molecule has 0 aliphatic rings. The van der Waals surface area contributed by atoms with Crippen molar-refractivity contribution in [3.63, 3.8) is 0 Å². The van der Waals surface area contributed by atoms with Crippen molar-refractivity contribution in [1.82, 2.24) is 9.55 Å². The smallest absolute Gasteiger partial charge is 0.335 e. The second-order valence-electron chi connectivity index (χ2n) is 5.49. The number of carboxylic acid groups (broad SMARTS) is 1. The lowest BCUT2D eigenvalue weighted by molar-refractivity contribution is 0.0697. The Hall–Kier alpha value is -3.12. The summed E-state index contributed by atoms with van der Waals surface area (Å²) in [6, 6.07) is 13.0. The van der Waals surface area contributed by atoms with E-state index in [1.807, 2.05) is 0 Å². The first-order valence-electron chi connectivity index (χ1n) is 7.81. The molecule has 0 amide bonds. The zero-order chi connectivity index (χ0) is 18.5. The van der Waals surface area contributed by atoms with Gasteiger partial charge in [0, 0.05) is 22.8 Å². The maximum atomic E-state index is 11.7. The second-order valence-corrected chi connectivity index (χ2v) is 5.92. The van der Waals surface area contributed by atoms with E-state index in [0.29, 0.717) is 28.4 Å². The number of hydrogen-bond donors (Lipinski definition) is 1. The summed E-state index contributed by atoms with van der Waals surface area (Å²) in [6.07, 6.45) is 2.89. The van der Waals surface area contributed by atoms with Gasteiger partial charge in [0.1, 0.15) is 12.4 Å². The van der Waals surface area contributed by atoms with Crippen LogP contribution in [0.5, 0.6) is 5.75 Å². The van der Waals surface area contributed by atoms with Crippen LogP contribution in [-0.4, -0.2) is 27.2 Å². The van der Waals surface area contributed by atoms with Gasteiger partial charge in [0.15, 0.2) is 0 Å². The molecule has 7 heteroatoms. The Morgan fingerprint density at radius 2 is 2.04 bits per heavy atom. The van der Waals surface area contributed by atoms with E-state index in [0.717, 1.165) is 0 Å². The van der Waals surface area contributed by atoms with Crippen molar-refractivity contribution in [1.29, 1.82) is 0 Å².